The zero-order chi connectivity index (χ0) is 21.8. The Bertz CT molecular complexity index is 1130. The van der Waals surface area contributed by atoms with Gasteiger partial charge in [0.1, 0.15) is 17.0 Å². The molecule has 1 fully saturated rings. The second kappa shape index (κ2) is 9.32. The molecule has 0 spiro atoms. The van der Waals surface area contributed by atoms with Crippen LogP contribution in [0.4, 0.5) is 5.69 Å². The van der Waals surface area contributed by atoms with Crippen LogP contribution in [-0.2, 0) is 6.42 Å². The molecule has 0 bridgehead atoms. The van der Waals surface area contributed by atoms with Crippen LogP contribution in [0, 0.1) is 0 Å². The number of oxazole rings is 1. The molecule has 164 valence electrons. The third-order valence-corrected chi connectivity index (χ3v) is 5.70. The van der Waals surface area contributed by atoms with Crippen LogP contribution in [0.3, 0.4) is 0 Å². The van der Waals surface area contributed by atoms with Gasteiger partial charge in [-0.2, -0.15) is 4.98 Å². The fourth-order valence-electron chi connectivity index (χ4n) is 3.92. The summed E-state index contributed by atoms with van der Waals surface area (Å²) in [5.41, 5.74) is 3.92. The molecule has 0 radical (unpaired) electrons. The third kappa shape index (κ3) is 4.86. The molecule has 0 amide bonds. The first-order chi connectivity index (χ1) is 15.7. The van der Waals surface area contributed by atoms with Crippen LogP contribution in [0.5, 0.6) is 17.6 Å². The highest BCUT2D eigenvalue weighted by Gasteiger charge is 2.17. The van der Waals surface area contributed by atoms with Crippen molar-refractivity contribution in [3.63, 3.8) is 0 Å². The molecule has 3 aromatic carbocycles. The van der Waals surface area contributed by atoms with E-state index >= 15 is 0 Å². The highest BCUT2D eigenvalue weighted by Crippen LogP contribution is 2.27. The first-order valence-corrected chi connectivity index (χ1v) is 11.0. The number of benzene rings is 3. The van der Waals surface area contributed by atoms with Gasteiger partial charge in [0.25, 0.3) is 0 Å². The van der Waals surface area contributed by atoms with Gasteiger partial charge in [-0.3, -0.25) is 0 Å². The van der Waals surface area contributed by atoms with Crippen LogP contribution < -0.4 is 14.4 Å². The molecule has 1 aromatic heterocycles. The van der Waals surface area contributed by atoms with Gasteiger partial charge in [0, 0.05) is 25.2 Å². The molecule has 32 heavy (non-hydrogen) atoms. The molecule has 1 N–H and O–H groups in total. The summed E-state index contributed by atoms with van der Waals surface area (Å²) in [5, 5.41) is 9.71. The van der Waals surface area contributed by atoms with Gasteiger partial charge in [-0.15, -0.1) is 0 Å². The fourth-order valence-corrected chi connectivity index (χ4v) is 3.92. The number of rotatable bonds is 7. The Hall–Kier alpha value is -3.51. The van der Waals surface area contributed by atoms with Crippen LogP contribution >= 0.6 is 0 Å². The molecule has 0 aliphatic carbocycles. The minimum atomic E-state index is -0.158. The number of aliphatic hydroxyl groups excluding tert-OH is 1. The fraction of sp³-hybridized carbons (Fsp3) is 0.269. The zero-order valence-electron chi connectivity index (χ0n) is 17.8. The molecule has 5 rings (SSSR count). The number of anilines is 1. The molecule has 1 aliphatic rings. The Morgan fingerprint density at radius 3 is 2.53 bits per heavy atom. The summed E-state index contributed by atoms with van der Waals surface area (Å²) in [5.74, 6) is 1.43. The Morgan fingerprint density at radius 1 is 0.938 bits per heavy atom. The van der Waals surface area contributed by atoms with E-state index in [0.717, 1.165) is 43.6 Å². The Kier molecular flexibility index (Phi) is 5.94. The van der Waals surface area contributed by atoms with Crippen molar-refractivity contribution in [2.45, 2.75) is 25.4 Å². The monoisotopic (exact) mass is 430 g/mol. The van der Waals surface area contributed by atoms with Crippen molar-refractivity contribution in [3.8, 4) is 17.6 Å². The summed E-state index contributed by atoms with van der Waals surface area (Å²) in [6.07, 6.45) is 2.56. The molecule has 2 heterocycles. The van der Waals surface area contributed by atoms with Gasteiger partial charge in [-0.25, -0.2) is 0 Å². The second-order valence-electron chi connectivity index (χ2n) is 8.01. The summed E-state index contributed by atoms with van der Waals surface area (Å²) >= 11 is 0. The number of hydrogen-bond donors (Lipinski definition) is 1. The minimum Gasteiger partial charge on any atom is -0.493 e. The van der Waals surface area contributed by atoms with E-state index in [4.69, 9.17) is 13.9 Å². The lowest BCUT2D eigenvalue weighted by molar-refractivity contribution is 0.145. The van der Waals surface area contributed by atoms with Crippen molar-refractivity contribution < 1.29 is 19.0 Å². The molecular weight excluding hydrogens is 404 g/mol. The van der Waals surface area contributed by atoms with Crippen LogP contribution in [0.15, 0.2) is 77.2 Å². The number of nitrogens with zero attached hydrogens (tertiary/aromatic N) is 2. The maximum atomic E-state index is 9.71. The summed E-state index contributed by atoms with van der Waals surface area (Å²) in [4.78, 5) is 6.66. The molecule has 4 aromatic rings. The third-order valence-electron chi connectivity index (χ3n) is 5.70. The van der Waals surface area contributed by atoms with Gasteiger partial charge in [-0.1, -0.05) is 24.3 Å². The lowest BCUT2D eigenvalue weighted by Gasteiger charge is -2.31. The number of ether oxygens (including phenoxy) is 2. The minimum absolute atomic E-state index is 0.158. The highest BCUT2D eigenvalue weighted by molar-refractivity contribution is 5.72. The van der Waals surface area contributed by atoms with E-state index in [1.54, 1.807) is 0 Å². The van der Waals surface area contributed by atoms with E-state index in [-0.39, 0.29) is 12.2 Å². The van der Waals surface area contributed by atoms with Crippen LogP contribution in [-0.4, -0.2) is 35.9 Å². The Morgan fingerprint density at radius 2 is 1.72 bits per heavy atom. The van der Waals surface area contributed by atoms with Gasteiger partial charge in [-0.05, 0) is 66.9 Å². The molecule has 6 nitrogen and oxygen atoms in total. The van der Waals surface area contributed by atoms with Crippen molar-refractivity contribution in [2.75, 3.05) is 24.6 Å². The predicted octanol–water partition coefficient (Wildman–Crippen LogP) is 5.20. The number of piperidine rings is 1. The number of para-hydroxylation sites is 2. The topological polar surface area (TPSA) is 68.0 Å². The Labute approximate surface area is 187 Å². The Balaban J connectivity index is 1.13. The van der Waals surface area contributed by atoms with Gasteiger partial charge < -0.3 is 23.9 Å². The molecule has 6 heteroatoms. The summed E-state index contributed by atoms with van der Waals surface area (Å²) in [7, 11) is 0. The van der Waals surface area contributed by atoms with E-state index in [0.29, 0.717) is 17.9 Å². The van der Waals surface area contributed by atoms with Gasteiger partial charge in [0.05, 0.1) is 12.7 Å². The molecular formula is C26H26N2O4. The molecule has 1 aliphatic heterocycles. The second-order valence-corrected chi connectivity index (χ2v) is 8.01. The van der Waals surface area contributed by atoms with Crippen molar-refractivity contribution in [3.05, 3.63) is 78.4 Å². The van der Waals surface area contributed by atoms with Crippen molar-refractivity contribution in [1.29, 1.82) is 0 Å². The van der Waals surface area contributed by atoms with Gasteiger partial charge in [0.15, 0.2) is 5.58 Å². The number of aromatic nitrogens is 1. The lowest BCUT2D eigenvalue weighted by atomic mass is 10.1. The van der Waals surface area contributed by atoms with Gasteiger partial charge in [0.2, 0.25) is 0 Å². The van der Waals surface area contributed by atoms with E-state index in [2.05, 4.69) is 34.1 Å². The average molecular weight is 431 g/mol. The molecule has 0 saturated carbocycles. The lowest BCUT2D eigenvalue weighted by Crippen LogP contribution is -2.35. The number of hydrogen-bond acceptors (Lipinski definition) is 6. The highest BCUT2D eigenvalue weighted by atomic mass is 16.6. The van der Waals surface area contributed by atoms with Crippen molar-refractivity contribution >= 4 is 16.8 Å². The number of fused-ring (bicyclic) bond motifs is 1. The van der Waals surface area contributed by atoms with Crippen LogP contribution in [0.2, 0.25) is 0 Å². The van der Waals surface area contributed by atoms with Crippen LogP contribution in [0.1, 0.15) is 18.4 Å². The zero-order valence-corrected chi connectivity index (χ0v) is 17.8. The number of aliphatic hydroxyl groups is 1. The van der Waals surface area contributed by atoms with E-state index in [1.807, 2.05) is 48.5 Å². The summed E-state index contributed by atoms with van der Waals surface area (Å²) in [6.45, 7) is 2.39. The van der Waals surface area contributed by atoms with Crippen molar-refractivity contribution in [2.24, 2.45) is 0 Å². The maximum absolute atomic E-state index is 9.71. The first kappa shape index (κ1) is 20.4. The molecule has 0 atom stereocenters. The molecule has 1 saturated heterocycles. The van der Waals surface area contributed by atoms with Crippen molar-refractivity contribution in [1.82, 2.24) is 4.98 Å². The predicted molar refractivity (Wildman–Crippen MR) is 124 cm³/mol. The average Bonchev–Trinajstić information content (AvgIpc) is 3.23. The SMILES string of the molecule is OC1CCN(c2cccc(CCOc3ccc(Oc4nc5ccccc5o4)cc3)c2)CC1. The van der Waals surface area contributed by atoms with E-state index in [9.17, 15) is 5.11 Å². The summed E-state index contributed by atoms with van der Waals surface area (Å²) in [6, 6.07) is 23.6. The maximum Gasteiger partial charge on any atom is 0.400 e. The molecule has 0 unspecified atom stereocenters. The van der Waals surface area contributed by atoms with E-state index < -0.39 is 0 Å². The first-order valence-electron chi connectivity index (χ1n) is 11.0. The van der Waals surface area contributed by atoms with Gasteiger partial charge >= 0.3 is 6.08 Å². The smallest absolute Gasteiger partial charge is 0.400 e. The largest absolute Gasteiger partial charge is 0.493 e. The van der Waals surface area contributed by atoms with E-state index in [1.165, 1.54) is 11.3 Å². The normalized spacial score (nSPS) is 14.6. The van der Waals surface area contributed by atoms with Crippen LogP contribution in [0.25, 0.3) is 11.1 Å². The quantitative estimate of drug-likeness (QED) is 0.435. The summed E-state index contributed by atoms with van der Waals surface area (Å²) < 4.78 is 17.2. The standard InChI is InChI=1S/C26H26N2O4/c29-21-12-15-28(16-13-21)20-5-3-4-19(18-20)14-17-30-22-8-10-23(11-9-22)31-26-27-24-6-1-2-7-25(24)32-26/h1-11,18,21,29H,12-17H2.